The molecule has 0 bridgehead atoms. The van der Waals surface area contributed by atoms with Gasteiger partial charge < -0.3 is 10.0 Å². The minimum Gasteiger partial charge on any atom is -0.396 e. The van der Waals surface area contributed by atoms with Crippen molar-refractivity contribution >= 4 is 5.69 Å². The summed E-state index contributed by atoms with van der Waals surface area (Å²) < 4.78 is 0. The first-order valence-electron chi connectivity index (χ1n) is 6.14. The third-order valence-electron chi connectivity index (χ3n) is 3.08. The molecule has 1 unspecified atom stereocenters. The van der Waals surface area contributed by atoms with Crippen LogP contribution in [-0.4, -0.2) is 25.3 Å². The Balaban J connectivity index is 2.74. The number of hydrogen-bond donors (Lipinski definition) is 1. The molecule has 0 radical (unpaired) electrons. The van der Waals surface area contributed by atoms with E-state index in [1.165, 1.54) is 11.3 Å². The van der Waals surface area contributed by atoms with Crippen molar-refractivity contribution in [2.24, 2.45) is 0 Å². The van der Waals surface area contributed by atoms with Gasteiger partial charge in [0.2, 0.25) is 0 Å². The summed E-state index contributed by atoms with van der Waals surface area (Å²) in [5.74, 6) is 0.283. The summed E-state index contributed by atoms with van der Waals surface area (Å²) in [6.45, 7) is 5.61. The number of benzene rings is 1. The number of aliphatic hydroxyl groups excluding tert-OH is 1. The highest BCUT2D eigenvalue weighted by Crippen LogP contribution is 2.22. The Morgan fingerprint density at radius 1 is 1.19 bits per heavy atom. The van der Waals surface area contributed by atoms with Gasteiger partial charge >= 0.3 is 0 Å². The number of anilines is 1. The number of aliphatic hydroxyl groups is 1. The monoisotopic (exact) mass is 221 g/mol. The zero-order chi connectivity index (χ0) is 12.0. The van der Waals surface area contributed by atoms with Gasteiger partial charge in [0.15, 0.2) is 0 Å². The van der Waals surface area contributed by atoms with E-state index >= 15 is 0 Å². The average Bonchev–Trinajstić information content (AvgIpc) is 2.32. The molecule has 2 heteroatoms. The van der Waals surface area contributed by atoms with Crippen LogP contribution >= 0.6 is 0 Å². The van der Waals surface area contributed by atoms with E-state index in [0.717, 1.165) is 19.4 Å². The summed E-state index contributed by atoms with van der Waals surface area (Å²) in [6, 6.07) is 8.55. The normalized spacial score (nSPS) is 12.5. The van der Waals surface area contributed by atoms with Gasteiger partial charge in [0.05, 0.1) is 0 Å². The quantitative estimate of drug-likeness (QED) is 0.798. The molecular weight excluding hydrogens is 198 g/mol. The second-order valence-electron chi connectivity index (χ2n) is 4.30. The number of nitrogens with zero attached hydrogens (tertiary/aromatic N) is 1. The van der Waals surface area contributed by atoms with Crippen LogP contribution < -0.4 is 4.90 Å². The van der Waals surface area contributed by atoms with Crippen molar-refractivity contribution in [3.8, 4) is 0 Å². The van der Waals surface area contributed by atoms with Crippen LogP contribution in [0.3, 0.4) is 0 Å². The lowest BCUT2D eigenvalue weighted by Crippen LogP contribution is -2.17. The van der Waals surface area contributed by atoms with Gasteiger partial charge in [-0.3, -0.25) is 0 Å². The Morgan fingerprint density at radius 3 is 2.25 bits per heavy atom. The lowest BCUT2D eigenvalue weighted by Gasteiger charge is -2.19. The summed E-state index contributed by atoms with van der Waals surface area (Å²) in [7, 11) is 2.11. The third kappa shape index (κ3) is 3.24. The predicted molar refractivity (Wildman–Crippen MR) is 70.1 cm³/mol. The van der Waals surface area contributed by atoms with E-state index in [1.807, 2.05) is 0 Å². The summed E-state index contributed by atoms with van der Waals surface area (Å²) in [6.07, 6.45) is 2.15. The molecule has 0 heterocycles. The van der Waals surface area contributed by atoms with Gasteiger partial charge in [-0.05, 0) is 30.5 Å². The fraction of sp³-hybridized carbons (Fsp3) is 0.571. The molecule has 2 nitrogen and oxygen atoms in total. The van der Waals surface area contributed by atoms with Gasteiger partial charge in [-0.1, -0.05) is 26.0 Å². The zero-order valence-electron chi connectivity index (χ0n) is 10.6. The van der Waals surface area contributed by atoms with Crippen molar-refractivity contribution < 1.29 is 5.11 Å². The maximum absolute atomic E-state index is 9.23. The highest BCUT2D eigenvalue weighted by Gasteiger charge is 2.08. The van der Waals surface area contributed by atoms with E-state index in [-0.39, 0.29) is 12.5 Å². The van der Waals surface area contributed by atoms with E-state index in [9.17, 15) is 5.11 Å². The molecule has 16 heavy (non-hydrogen) atoms. The first-order chi connectivity index (χ1) is 7.72. The zero-order valence-corrected chi connectivity index (χ0v) is 10.6. The molecule has 0 aromatic heterocycles. The molecule has 0 aliphatic rings. The molecule has 0 aliphatic carbocycles. The Morgan fingerprint density at radius 2 is 1.81 bits per heavy atom. The van der Waals surface area contributed by atoms with Crippen molar-refractivity contribution in [3.05, 3.63) is 29.8 Å². The van der Waals surface area contributed by atoms with E-state index < -0.39 is 0 Å². The van der Waals surface area contributed by atoms with Crippen molar-refractivity contribution in [3.63, 3.8) is 0 Å². The molecule has 1 aromatic rings. The minimum absolute atomic E-state index is 0.237. The van der Waals surface area contributed by atoms with Gasteiger partial charge in [-0.25, -0.2) is 0 Å². The van der Waals surface area contributed by atoms with E-state index in [2.05, 4.69) is 50.1 Å². The molecule has 0 aliphatic heterocycles. The van der Waals surface area contributed by atoms with Gasteiger partial charge in [0, 0.05) is 31.8 Å². The van der Waals surface area contributed by atoms with Crippen LogP contribution in [0.4, 0.5) is 5.69 Å². The van der Waals surface area contributed by atoms with Crippen LogP contribution in [0.5, 0.6) is 0 Å². The van der Waals surface area contributed by atoms with Crippen LogP contribution in [0.2, 0.25) is 0 Å². The third-order valence-corrected chi connectivity index (χ3v) is 3.08. The molecule has 1 rings (SSSR count). The SMILES string of the molecule is CCCN(C)c1ccc(C(CC)CO)cc1. The summed E-state index contributed by atoms with van der Waals surface area (Å²) in [4.78, 5) is 2.25. The smallest absolute Gasteiger partial charge is 0.0499 e. The first kappa shape index (κ1) is 13.0. The van der Waals surface area contributed by atoms with Crippen LogP contribution in [-0.2, 0) is 0 Å². The summed E-state index contributed by atoms with van der Waals surface area (Å²) in [5, 5.41) is 9.23. The second-order valence-corrected chi connectivity index (χ2v) is 4.30. The molecule has 0 saturated heterocycles. The Hall–Kier alpha value is -1.02. The highest BCUT2D eigenvalue weighted by atomic mass is 16.3. The van der Waals surface area contributed by atoms with Crippen molar-refractivity contribution in [2.75, 3.05) is 25.1 Å². The molecule has 1 atom stereocenters. The fourth-order valence-corrected chi connectivity index (χ4v) is 1.94. The molecule has 0 spiro atoms. The molecule has 90 valence electrons. The fourth-order valence-electron chi connectivity index (χ4n) is 1.94. The number of rotatable bonds is 6. The topological polar surface area (TPSA) is 23.5 Å². The minimum atomic E-state index is 0.237. The molecule has 1 N–H and O–H groups in total. The molecule has 0 saturated carbocycles. The van der Waals surface area contributed by atoms with E-state index in [4.69, 9.17) is 0 Å². The standard InChI is InChI=1S/C14H23NO/c1-4-10-15(3)14-8-6-13(7-9-14)12(5-2)11-16/h6-9,12,16H,4-5,10-11H2,1-3H3. The van der Waals surface area contributed by atoms with E-state index in [0.29, 0.717) is 0 Å². The van der Waals surface area contributed by atoms with Gasteiger partial charge in [0.25, 0.3) is 0 Å². The van der Waals surface area contributed by atoms with Crippen molar-refractivity contribution in [1.29, 1.82) is 0 Å². The maximum atomic E-state index is 9.23. The lowest BCUT2D eigenvalue weighted by atomic mass is 9.97. The van der Waals surface area contributed by atoms with Crippen LogP contribution in [0.25, 0.3) is 0 Å². The number of hydrogen-bond acceptors (Lipinski definition) is 2. The van der Waals surface area contributed by atoms with Gasteiger partial charge in [-0.15, -0.1) is 0 Å². The van der Waals surface area contributed by atoms with Crippen LogP contribution in [0.15, 0.2) is 24.3 Å². The second kappa shape index (κ2) is 6.54. The van der Waals surface area contributed by atoms with Crippen LogP contribution in [0, 0.1) is 0 Å². The van der Waals surface area contributed by atoms with Crippen molar-refractivity contribution in [2.45, 2.75) is 32.6 Å². The van der Waals surface area contributed by atoms with Crippen molar-refractivity contribution in [1.82, 2.24) is 0 Å². The summed E-state index contributed by atoms with van der Waals surface area (Å²) >= 11 is 0. The molecule has 1 aromatic carbocycles. The van der Waals surface area contributed by atoms with Gasteiger partial charge in [-0.2, -0.15) is 0 Å². The van der Waals surface area contributed by atoms with Crippen LogP contribution in [0.1, 0.15) is 38.2 Å². The Kier molecular flexibility index (Phi) is 5.33. The maximum Gasteiger partial charge on any atom is 0.0499 e. The predicted octanol–water partition coefficient (Wildman–Crippen LogP) is 3.02. The molecule has 0 amide bonds. The van der Waals surface area contributed by atoms with Gasteiger partial charge in [0.1, 0.15) is 0 Å². The lowest BCUT2D eigenvalue weighted by molar-refractivity contribution is 0.262. The largest absolute Gasteiger partial charge is 0.396 e. The molecule has 0 fully saturated rings. The first-order valence-corrected chi connectivity index (χ1v) is 6.14. The van der Waals surface area contributed by atoms with E-state index in [1.54, 1.807) is 0 Å². The average molecular weight is 221 g/mol. The Labute approximate surface area is 98.9 Å². The Bertz CT molecular complexity index is 290. The highest BCUT2D eigenvalue weighted by molar-refractivity contribution is 5.47. The summed E-state index contributed by atoms with van der Waals surface area (Å²) in [5.41, 5.74) is 2.48. The molecular formula is C14H23NO.